The fourth-order valence-electron chi connectivity index (χ4n) is 4.20. The average Bonchev–Trinajstić information content (AvgIpc) is 3.27. The van der Waals surface area contributed by atoms with E-state index in [9.17, 15) is 0 Å². The summed E-state index contributed by atoms with van der Waals surface area (Å²) in [7, 11) is 1.70. The largest absolute Gasteiger partial charge is 0.497 e. The number of pyridine rings is 1. The second kappa shape index (κ2) is 10.9. The monoisotopic (exact) mass is 435 g/mol. The van der Waals surface area contributed by atoms with Crippen LogP contribution in [0.5, 0.6) is 5.75 Å². The number of aliphatic imine (C=N–C) groups is 1. The fraction of sp³-hybridized carbons (Fsp3) is 0.458. The third-order valence-corrected chi connectivity index (χ3v) is 5.90. The Morgan fingerprint density at radius 1 is 1.06 bits per heavy atom. The Morgan fingerprint density at radius 2 is 1.88 bits per heavy atom. The predicted octanol–water partition coefficient (Wildman–Crippen LogP) is 3.02. The van der Waals surface area contributed by atoms with E-state index in [1.54, 1.807) is 7.11 Å². The van der Waals surface area contributed by atoms with Crippen molar-refractivity contribution < 1.29 is 4.74 Å². The van der Waals surface area contributed by atoms with Crippen LogP contribution in [-0.2, 0) is 6.54 Å². The zero-order valence-corrected chi connectivity index (χ0v) is 19.0. The van der Waals surface area contributed by atoms with Gasteiger partial charge in [0, 0.05) is 19.3 Å². The van der Waals surface area contributed by atoms with Crippen LogP contribution in [0.15, 0.2) is 53.7 Å². The van der Waals surface area contributed by atoms with Gasteiger partial charge >= 0.3 is 0 Å². The van der Waals surface area contributed by atoms with Crippen LogP contribution in [0.4, 0.5) is 0 Å². The van der Waals surface area contributed by atoms with Crippen LogP contribution in [0.25, 0.3) is 5.65 Å². The molecule has 1 atom stereocenters. The Hall–Kier alpha value is -3.13. The van der Waals surface area contributed by atoms with Crippen LogP contribution >= 0.6 is 0 Å². The zero-order chi connectivity index (χ0) is 22.2. The van der Waals surface area contributed by atoms with Gasteiger partial charge in [0.1, 0.15) is 12.3 Å². The van der Waals surface area contributed by atoms with Crippen LogP contribution < -0.4 is 15.4 Å². The fourth-order valence-corrected chi connectivity index (χ4v) is 4.20. The maximum absolute atomic E-state index is 5.35. The van der Waals surface area contributed by atoms with Crippen LogP contribution in [0, 0.1) is 0 Å². The van der Waals surface area contributed by atoms with E-state index in [4.69, 9.17) is 9.73 Å². The van der Waals surface area contributed by atoms with Crippen LogP contribution in [-0.4, -0.2) is 58.7 Å². The van der Waals surface area contributed by atoms with Crippen molar-refractivity contribution >= 4 is 11.6 Å². The molecule has 8 nitrogen and oxygen atoms in total. The molecule has 0 bridgehead atoms. The van der Waals surface area contributed by atoms with Gasteiger partial charge in [-0.3, -0.25) is 9.30 Å². The number of nitrogens with zero attached hydrogens (tertiary/aromatic N) is 5. The van der Waals surface area contributed by atoms with Crippen LogP contribution in [0.3, 0.4) is 0 Å². The molecular formula is C24H33N7O. The summed E-state index contributed by atoms with van der Waals surface area (Å²) in [6.45, 7) is 6.35. The number of rotatable bonds is 8. The van der Waals surface area contributed by atoms with Crippen molar-refractivity contribution in [2.45, 2.75) is 38.8 Å². The van der Waals surface area contributed by atoms with Gasteiger partial charge in [0.25, 0.3) is 0 Å². The van der Waals surface area contributed by atoms with E-state index in [1.165, 1.54) is 24.8 Å². The summed E-state index contributed by atoms with van der Waals surface area (Å²) in [5.74, 6) is 2.49. The number of benzene rings is 1. The summed E-state index contributed by atoms with van der Waals surface area (Å²) >= 11 is 0. The minimum atomic E-state index is 0.277. The number of ether oxygens (including phenoxy) is 1. The Kier molecular flexibility index (Phi) is 7.55. The number of piperidine rings is 1. The smallest absolute Gasteiger partial charge is 0.191 e. The first kappa shape index (κ1) is 22.1. The van der Waals surface area contributed by atoms with Gasteiger partial charge in [0.15, 0.2) is 17.4 Å². The van der Waals surface area contributed by atoms with Crippen molar-refractivity contribution in [3.63, 3.8) is 0 Å². The van der Waals surface area contributed by atoms with Gasteiger partial charge in [-0.2, -0.15) is 0 Å². The Morgan fingerprint density at radius 3 is 2.62 bits per heavy atom. The maximum Gasteiger partial charge on any atom is 0.191 e. The van der Waals surface area contributed by atoms with E-state index in [-0.39, 0.29) is 6.04 Å². The molecule has 4 rings (SSSR count). The third kappa shape index (κ3) is 5.37. The Balaban J connectivity index is 1.48. The van der Waals surface area contributed by atoms with Crippen LogP contribution in [0.2, 0.25) is 0 Å². The van der Waals surface area contributed by atoms with Gasteiger partial charge in [-0.25, -0.2) is 4.99 Å². The lowest BCUT2D eigenvalue weighted by Crippen LogP contribution is -2.44. The van der Waals surface area contributed by atoms with E-state index in [2.05, 4.69) is 44.8 Å². The van der Waals surface area contributed by atoms with Crippen molar-refractivity contribution in [2.75, 3.05) is 33.3 Å². The number of fused-ring (bicyclic) bond motifs is 1. The third-order valence-electron chi connectivity index (χ3n) is 5.90. The molecule has 1 unspecified atom stereocenters. The first-order valence-electron chi connectivity index (χ1n) is 11.5. The molecule has 1 saturated heterocycles. The molecule has 3 aromatic rings. The molecule has 0 amide bonds. The molecule has 1 aliphatic heterocycles. The Bertz CT molecular complexity index is 1010. The van der Waals surface area contributed by atoms with Gasteiger partial charge < -0.3 is 15.4 Å². The van der Waals surface area contributed by atoms with Gasteiger partial charge in [0.2, 0.25) is 0 Å². The Labute approximate surface area is 189 Å². The summed E-state index contributed by atoms with van der Waals surface area (Å²) in [6, 6.07) is 14.6. The molecular weight excluding hydrogens is 402 g/mol. The standard InChI is InChI=1S/C24H33N7O/c1-3-25-24(27-18-23-29-28-22-9-5-8-16-31(22)23)26-17-21(30-14-6-4-7-15-30)19-10-12-20(32-2)13-11-19/h5,8-13,16,21H,3-4,6-7,14-15,17-18H2,1-2H3,(H2,25,26,27). The van der Waals surface area contributed by atoms with Gasteiger partial charge in [-0.05, 0) is 62.7 Å². The maximum atomic E-state index is 5.35. The van der Waals surface area contributed by atoms with E-state index >= 15 is 0 Å². The zero-order valence-electron chi connectivity index (χ0n) is 19.0. The summed E-state index contributed by atoms with van der Waals surface area (Å²) in [4.78, 5) is 7.35. The SMILES string of the molecule is CCNC(=NCc1nnc2ccccn12)NCC(c1ccc(OC)cc1)N1CCCCC1. The molecule has 3 heterocycles. The van der Waals surface area contributed by atoms with E-state index in [0.29, 0.717) is 6.54 Å². The molecule has 0 spiro atoms. The molecule has 170 valence electrons. The number of aromatic nitrogens is 3. The molecule has 0 aliphatic carbocycles. The average molecular weight is 436 g/mol. The summed E-state index contributed by atoms with van der Waals surface area (Å²) in [5.41, 5.74) is 2.12. The number of nitrogens with one attached hydrogen (secondary N) is 2. The molecule has 1 aliphatic rings. The molecule has 1 fully saturated rings. The van der Waals surface area contributed by atoms with Crippen molar-refractivity contribution in [2.24, 2.45) is 4.99 Å². The normalized spacial score (nSPS) is 16.1. The number of hydrogen-bond donors (Lipinski definition) is 2. The minimum absolute atomic E-state index is 0.277. The molecule has 2 aromatic heterocycles. The molecule has 2 N–H and O–H groups in total. The van der Waals surface area contributed by atoms with Gasteiger partial charge in [0.05, 0.1) is 13.2 Å². The van der Waals surface area contributed by atoms with E-state index in [1.807, 2.05) is 40.9 Å². The highest BCUT2D eigenvalue weighted by Crippen LogP contribution is 2.25. The highest BCUT2D eigenvalue weighted by Gasteiger charge is 2.22. The summed E-state index contributed by atoms with van der Waals surface area (Å²) in [6.07, 6.45) is 5.79. The van der Waals surface area contributed by atoms with Crippen molar-refractivity contribution in [3.8, 4) is 5.75 Å². The molecule has 0 saturated carbocycles. The number of likely N-dealkylation sites (tertiary alicyclic amines) is 1. The minimum Gasteiger partial charge on any atom is -0.497 e. The molecule has 0 radical (unpaired) electrons. The van der Waals surface area contributed by atoms with Crippen LogP contribution in [0.1, 0.15) is 43.6 Å². The van der Waals surface area contributed by atoms with Gasteiger partial charge in [-0.1, -0.05) is 24.6 Å². The first-order valence-corrected chi connectivity index (χ1v) is 11.5. The van der Waals surface area contributed by atoms with Gasteiger partial charge in [-0.15, -0.1) is 10.2 Å². The van der Waals surface area contributed by atoms with Crippen molar-refractivity contribution in [1.29, 1.82) is 0 Å². The predicted molar refractivity (Wildman–Crippen MR) is 127 cm³/mol. The van der Waals surface area contributed by atoms with E-state index < -0.39 is 0 Å². The second-order valence-electron chi connectivity index (χ2n) is 8.01. The lowest BCUT2D eigenvalue weighted by atomic mass is 10.0. The molecule has 1 aromatic carbocycles. The summed E-state index contributed by atoms with van der Waals surface area (Å²) in [5, 5.41) is 15.4. The quantitative estimate of drug-likeness (QED) is 0.418. The van der Waals surface area contributed by atoms with Crippen molar-refractivity contribution in [1.82, 2.24) is 30.1 Å². The van der Waals surface area contributed by atoms with Crippen molar-refractivity contribution in [3.05, 3.63) is 60.0 Å². The number of hydrogen-bond acceptors (Lipinski definition) is 5. The second-order valence-corrected chi connectivity index (χ2v) is 8.01. The highest BCUT2D eigenvalue weighted by molar-refractivity contribution is 5.79. The highest BCUT2D eigenvalue weighted by atomic mass is 16.5. The first-order chi connectivity index (χ1) is 15.8. The lowest BCUT2D eigenvalue weighted by Gasteiger charge is -2.35. The molecule has 32 heavy (non-hydrogen) atoms. The number of guanidine groups is 1. The summed E-state index contributed by atoms with van der Waals surface area (Å²) < 4.78 is 7.32. The topological polar surface area (TPSA) is 79.1 Å². The molecule has 8 heteroatoms. The number of methoxy groups -OCH3 is 1. The lowest BCUT2D eigenvalue weighted by molar-refractivity contribution is 0.164. The van der Waals surface area contributed by atoms with E-state index in [0.717, 1.165) is 49.4 Å².